The molecular formula is C24H13Cl3F3N3O3. The minimum Gasteiger partial charge on any atom is -0.350 e. The van der Waals surface area contributed by atoms with Gasteiger partial charge in [-0.05, 0) is 60.7 Å². The fourth-order valence-electron chi connectivity index (χ4n) is 3.30. The Labute approximate surface area is 217 Å². The van der Waals surface area contributed by atoms with Crippen LogP contribution in [0.4, 0.5) is 30.2 Å². The molecule has 0 fully saturated rings. The number of carbonyl (C=O) groups is 3. The maximum Gasteiger partial charge on any atom is 0.416 e. The summed E-state index contributed by atoms with van der Waals surface area (Å²) in [4.78, 5) is 38.8. The van der Waals surface area contributed by atoms with E-state index in [1.165, 1.54) is 36.4 Å². The zero-order valence-corrected chi connectivity index (χ0v) is 20.1. The van der Waals surface area contributed by atoms with Crippen molar-refractivity contribution in [3.8, 4) is 0 Å². The summed E-state index contributed by atoms with van der Waals surface area (Å²) in [5.41, 5.74) is -0.669. The van der Waals surface area contributed by atoms with Gasteiger partial charge in [-0.25, -0.2) is 4.90 Å². The number of alkyl halides is 3. The number of benzene rings is 3. The first-order chi connectivity index (χ1) is 17.0. The van der Waals surface area contributed by atoms with Crippen molar-refractivity contribution in [1.82, 2.24) is 0 Å². The van der Waals surface area contributed by atoms with Crippen LogP contribution in [0.1, 0.15) is 15.9 Å². The zero-order valence-electron chi connectivity index (χ0n) is 17.8. The summed E-state index contributed by atoms with van der Waals surface area (Å²) in [7, 11) is 0. The number of halogens is 6. The summed E-state index contributed by atoms with van der Waals surface area (Å²) < 4.78 is 38.9. The van der Waals surface area contributed by atoms with Gasteiger partial charge in [-0.1, -0.05) is 40.9 Å². The summed E-state index contributed by atoms with van der Waals surface area (Å²) in [6, 6.07) is 14.3. The Hall–Kier alpha value is -3.53. The summed E-state index contributed by atoms with van der Waals surface area (Å²) in [6.45, 7) is 0. The van der Waals surface area contributed by atoms with Crippen LogP contribution in [0.5, 0.6) is 0 Å². The normalized spacial score (nSPS) is 13.9. The smallest absolute Gasteiger partial charge is 0.350 e. The molecular weight excluding hydrogens is 542 g/mol. The number of imide groups is 1. The van der Waals surface area contributed by atoms with Crippen molar-refractivity contribution in [2.75, 3.05) is 15.5 Å². The van der Waals surface area contributed by atoms with E-state index in [9.17, 15) is 27.6 Å². The van der Waals surface area contributed by atoms with Crippen molar-refractivity contribution in [3.63, 3.8) is 0 Å². The van der Waals surface area contributed by atoms with Gasteiger partial charge in [-0.2, -0.15) is 13.2 Å². The molecule has 0 atom stereocenters. The monoisotopic (exact) mass is 553 g/mol. The van der Waals surface area contributed by atoms with Gasteiger partial charge in [0.05, 0.1) is 22.0 Å². The van der Waals surface area contributed by atoms with Crippen LogP contribution in [-0.2, 0) is 15.8 Å². The van der Waals surface area contributed by atoms with E-state index in [1.807, 2.05) is 0 Å². The fourth-order valence-corrected chi connectivity index (χ4v) is 3.86. The van der Waals surface area contributed by atoms with E-state index < -0.39 is 29.5 Å². The molecule has 12 heteroatoms. The summed E-state index contributed by atoms with van der Waals surface area (Å²) in [6.07, 6.45) is -4.60. The van der Waals surface area contributed by atoms with Crippen molar-refractivity contribution in [1.29, 1.82) is 0 Å². The first-order valence-corrected chi connectivity index (χ1v) is 11.2. The first kappa shape index (κ1) is 25.6. The quantitative estimate of drug-likeness (QED) is 0.344. The summed E-state index contributed by atoms with van der Waals surface area (Å²) in [5, 5.41) is 5.03. The molecule has 4 rings (SSSR count). The molecule has 0 saturated heterocycles. The Morgan fingerprint density at radius 3 is 2.19 bits per heavy atom. The number of nitrogens with one attached hydrogen (secondary N) is 2. The lowest BCUT2D eigenvalue weighted by atomic mass is 10.1. The molecule has 36 heavy (non-hydrogen) atoms. The molecule has 0 aromatic heterocycles. The number of carbonyl (C=O) groups excluding carboxylic acids is 3. The number of hydrogen-bond donors (Lipinski definition) is 2. The van der Waals surface area contributed by atoms with Gasteiger partial charge in [-0.3, -0.25) is 14.4 Å². The van der Waals surface area contributed by atoms with Crippen LogP contribution in [0.15, 0.2) is 77.5 Å². The van der Waals surface area contributed by atoms with Gasteiger partial charge in [0.2, 0.25) is 0 Å². The molecule has 0 radical (unpaired) electrons. The van der Waals surface area contributed by atoms with Crippen LogP contribution < -0.4 is 15.5 Å². The highest BCUT2D eigenvalue weighted by Gasteiger charge is 2.39. The molecule has 1 aliphatic heterocycles. The Kier molecular flexibility index (Phi) is 6.99. The Morgan fingerprint density at radius 2 is 1.56 bits per heavy atom. The maximum absolute atomic E-state index is 13.0. The van der Waals surface area contributed by atoms with E-state index in [1.54, 1.807) is 12.1 Å². The van der Waals surface area contributed by atoms with E-state index >= 15 is 0 Å². The number of anilines is 3. The molecule has 3 amide bonds. The largest absolute Gasteiger partial charge is 0.416 e. The molecule has 3 aromatic carbocycles. The summed E-state index contributed by atoms with van der Waals surface area (Å²) >= 11 is 18.0. The lowest BCUT2D eigenvalue weighted by Crippen LogP contribution is -2.32. The Balaban J connectivity index is 1.49. The third kappa shape index (κ3) is 5.18. The fraction of sp³-hybridized carbons (Fsp3) is 0.0417. The highest BCUT2D eigenvalue weighted by molar-refractivity contribution is 6.53. The van der Waals surface area contributed by atoms with Gasteiger partial charge in [0, 0.05) is 16.3 Å². The number of nitrogens with zero attached hydrogens (tertiary/aromatic N) is 1. The van der Waals surface area contributed by atoms with Crippen LogP contribution in [0.3, 0.4) is 0 Å². The first-order valence-electron chi connectivity index (χ1n) is 10.0. The third-order valence-corrected chi connectivity index (χ3v) is 5.97. The predicted octanol–water partition coefficient (Wildman–Crippen LogP) is 6.70. The molecule has 1 aliphatic rings. The van der Waals surface area contributed by atoms with Gasteiger partial charge in [0.15, 0.2) is 0 Å². The highest BCUT2D eigenvalue weighted by Crippen LogP contribution is 2.34. The number of amides is 3. The maximum atomic E-state index is 13.0. The van der Waals surface area contributed by atoms with Crippen LogP contribution in [0, 0.1) is 0 Å². The standard InChI is InChI=1S/C24H13Cl3F3N3O3/c25-14-2-1-3-16(11-14)33-22(35)19(27)20(23(33)36)31-15-7-4-12(5-8-15)21(34)32-18-10-13(24(28,29)30)6-9-17(18)26/h1-11,31H,(H,32,34). The molecule has 0 spiro atoms. The molecule has 0 saturated carbocycles. The van der Waals surface area contributed by atoms with Crippen LogP contribution in [0.25, 0.3) is 0 Å². The van der Waals surface area contributed by atoms with Crippen molar-refractivity contribution in [2.45, 2.75) is 6.18 Å². The second kappa shape index (κ2) is 9.85. The average Bonchev–Trinajstić information content (AvgIpc) is 3.03. The van der Waals surface area contributed by atoms with E-state index in [0.29, 0.717) is 10.7 Å². The third-order valence-electron chi connectivity index (χ3n) is 5.05. The second-order valence-corrected chi connectivity index (χ2v) is 8.69. The van der Waals surface area contributed by atoms with Gasteiger partial charge in [-0.15, -0.1) is 0 Å². The second-order valence-electron chi connectivity index (χ2n) is 7.46. The van der Waals surface area contributed by atoms with Crippen LogP contribution in [-0.4, -0.2) is 17.7 Å². The zero-order chi connectivity index (χ0) is 26.2. The van der Waals surface area contributed by atoms with Gasteiger partial charge in [0.1, 0.15) is 10.7 Å². The average molecular weight is 555 g/mol. The van der Waals surface area contributed by atoms with E-state index in [0.717, 1.165) is 23.1 Å². The lowest BCUT2D eigenvalue weighted by molar-refractivity contribution is -0.137. The Morgan fingerprint density at radius 1 is 0.861 bits per heavy atom. The van der Waals surface area contributed by atoms with Gasteiger partial charge >= 0.3 is 6.18 Å². The van der Waals surface area contributed by atoms with Crippen LogP contribution >= 0.6 is 34.8 Å². The SMILES string of the molecule is O=C(Nc1cc(C(F)(F)F)ccc1Cl)c1ccc(NC2=C(Cl)C(=O)N(c3cccc(Cl)c3)C2=O)cc1. The molecule has 3 aromatic rings. The molecule has 1 heterocycles. The van der Waals surface area contributed by atoms with E-state index in [4.69, 9.17) is 34.8 Å². The lowest BCUT2D eigenvalue weighted by Gasteiger charge is -2.15. The van der Waals surface area contributed by atoms with Crippen molar-refractivity contribution >= 4 is 69.6 Å². The molecule has 0 unspecified atom stereocenters. The van der Waals surface area contributed by atoms with Crippen LogP contribution in [0.2, 0.25) is 10.0 Å². The topological polar surface area (TPSA) is 78.5 Å². The number of rotatable bonds is 5. The van der Waals surface area contributed by atoms with Gasteiger partial charge in [0.25, 0.3) is 17.7 Å². The highest BCUT2D eigenvalue weighted by atomic mass is 35.5. The summed E-state index contributed by atoms with van der Waals surface area (Å²) in [5.74, 6) is -2.15. The van der Waals surface area contributed by atoms with Gasteiger partial charge < -0.3 is 10.6 Å². The Bertz CT molecular complexity index is 1420. The van der Waals surface area contributed by atoms with Crippen molar-refractivity contribution in [3.05, 3.63) is 98.6 Å². The van der Waals surface area contributed by atoms with Crippen molar-refractivity contribution in [2.24, 2.45) is 0 Å². The van der Waals surface area contributed by atoms with E-state index in [-0.39, 0.29) is 32.7 Å². The van der Waals surface area contributed by atoms with E-state index in [2.05, 4.69) is 10.6 Å². The van der Waals surface area contributed by atoms with Crippen molar-refractivity contribution < 1.29 is 27.6 Å². The predicted molar refractivity (Wildman–Crippen MR) is 131 cm³/mol. The minimum atomic E-state index is -4.60. The molecule has 184 valence electrons. The minimum absolute atomic E-state index is 0.0649. The molecule has 0 bridgehead atoms. The number of hydrogen-bond acceptors (Lipinski definition) is 4. The molecule has 2 N–H and O–H groups in total. The molecule has 6 nitrogen and oxygen atoms in total. The molecule has 0 aliphatic carbocycles.